The number of para-hydroxylation sites is 1. The van der Waals surface area contributed by atoms with Gasteiger partial charge in [0.05, 0.1) is 10.5 Å². The Balaban J connectivity index is 1.93. The zero-order chi connectivity index (χ0) is 19.8. The summed E-state index contributed by atoms with van der Waals surface area (Å²) in [6, 6.07) is 11.0. The summed E-state index contributed by atoms with van der Waals surface area (Å²) in [6.07, 6.45) is 0.570. The van der Waals surface area contributed by atoms with Gasteiger partial charge in [0.2, 0.25) is 10.0 Å². The van der Waals surface area contributed by atoms with Gasteiger partial charge >= 0.3 is 5.69 Å². The number of nitro benzene ring substituents is 1. The first-order valence-electron chi connectivity index (χ1n) is 8.16. The number of aliphatic hydroxyl groups is 1. The third-order valence-electron chi connectivity index (χ3n) is 4.77. The van der Waals surface area contributed by atoms with Crippen molar-refractivity contribution in [1.82, 2.24) is 0 Å². The Kier molecular flexibility index (Phi) is 5.13. The van der Waals surface area contributed by atoms with Gasteiger partial charge in [0.1, 0.15) is 5.69 Å². The summed E-state index contributed by atoms with van der Waals surface area (Å²) in [6.45, 7) is 0.577. The number of rotatable bonds is 4. The molecule has 0 aliphatic carbocycles. The summed E-state index contributed by atoms with van der Waals surface area (Å²) in [5.41, 5.74) is -0.934. The molecule has 3 N–H and O–H groups in total. The van der Waals surface area contributed by atoms with E-state index in [9.17, 15) is 23.6 Å². The number of hydrogen-bond donors (Lipinski definition) is 2. The summed E-state index contributed by atoms with van der Waals surface area (Å²) in [7, 11) is -4.25. The number of primary sulfonamides is 1. The summed E-state index contributed by atoms with van der Waals surface area (Å²) in [5, 5.41) is 28.1. The van der Waals surface area contributed by atoms with Gasteiger partial charge in [-0.15, -0.1) is 0 Å². The molecule has 3 rings (SSSR count). The van der Waals surface area contributed by atoms with E-state index in [1.807, 2.05) is 0 Å². The molecule has 8 nitrogen and oxygen atoms in total. The smallest absolute Gasteiger partial charge is 0.312 e. The molecule has 0 spiro atoms. The van der Waals surface area contributed by atoms with Crippen LogP contribution in [0.25, 0.3) is 0 Å². The number of piperidine rings is 1. The first-order valence-corrected chi connectivity index (χ1v) is 10.1. The summed E-state index contributed by atoms with van der Waals surface area (Å²) >= 11 is 6.19. The van der Waals surface area contributed by atoms with Gasteiger partial charge in [-0.1, -0.05) is 35.9 Å². The molecule has 144 valence electrons. The van der Waals surface area contributed by atoms with E-state index in [1.54, 1.807) is 29.2 Å². The molecule has 27 heavy (non-hydrogen) atoms. The first-order chi connectivity index (χ1) is 12.6. The second kappa shape index (κ2) is 7.08. The van der Waals surface area contributed by atoms with Crippen LogP contribution in [0.15, 0.2) is 47.4 Å². The van der Waals surface area contributed by atoms with E-state index in [1.165, 1.54) is 12.1 Å². The first kappa shape index (κ1) is 19.6. The van der Waals surface area contributed by atoms with E-state index in [4.69, 9.17) is 16.7 Å². The molecular weight excluding hydrogens is 394 g/mol. The van der Waals surface area contributed by atoms with Crippen molar-refractivity contribution >= 4 is 33.0 Å². The highest BCUT2D eigenvalue weighted by Crippen LogP contribution is 2.41. The largest absolute Gasteiger partial charge is 0.385 e. The maximum atomic E-state index is 11.7. The average Bonchev–Trinajstić information content (AvgIpc) is 2.61. The van der Waals surface area contributed by atoms with Crippen molar-refractivity contribution < 1.29 is 18.4 Å². The van der Waals surface area contributed by atoms with Crippen molar-refractivity contribution in [2.24, 2.45) is 5.14 Å². The number of nitrogens with two attached hydrogens (primary N) is 1. The van der Waals surface area contributed by atoms with Crippen molar-refractivity contribution in [3.63, 3.8) is 0 Å². The molecule has 1 fully saturated rings. The van der Waals surface area contributed by atoms with Crippen molar-refractivity contribution in [1.29, 1.82) is 0 Å². The molecule has 0 bridgehead atoms. The Bertz CT molecular complexity index is 988. The quantitative estimate of drug-likeness (QED) is 0.587. The Labute approximate surface area is 161 Å². The second-order valence-electron chi connectivity index (χ2n) is 6.42. The molecule has 0 radical (unpaired) electrons. The van der Waals surface area contributed by atoms with Gasteiger partial charge in [0.25, 0.3) is 0 Å². The molecule has 1 aliphatic rings. The SMILES string of the molecule is NS(=O)(=O)c1cccc(N2CCC(O)(c3ccccc3Cl)CC2)c1[N+](=O)[O-]. The van der Waals surface area contributed by atoms with Crippen LogP contribution in [0.1, 0.15) is 18.4 Å². The summed E-state index contributed by atoms with van der Waals surface area (Å²) in [4.78, 5) is 11.9. The van der Waals surface area contributed by atoms with Crippen LogP contribution < -0.4 is 10.0 Å². The standard InChI is InChI=1S/C17H18ClN3O5S/c18-13-5-2-1-4-12(13)17(22)8-10-20(11-9-17)14-6-3-7-15(27(19,25)26)16(14)21(23)24/h1-7,22H,8-11H2,(H2,19,25,26). The Morgan fingerprint density at radius 3 is 2.33 bits per heavy atom. The van der Waals surface area contributed by atoms with Crippen molar-refractivity contribution in [2.45, 2.75) is 23.3 Å². The van der Waals surface area contributed by atoms with Gasteiger partial charge in [0, 0.05) is 23.7 Å². The molecule has 0 saturated carbocycles. The van der Waals surface area contributed by atoms with Crippen molar-refractivity contribution in [3.05, 3.63) is 63.2 Å². The molecule has 10 heteroatoms. The van der Waals surface area contributed by atoms with Crippen molar-refractivity contribution in [2.75, 3.05) is 18.0 Å². The normalized spacial score (nSPS) is 16.9. The lowest BCUT2D eigenvalue weighted by molar-refractivity contribution is -0.387. The van der Waals surface area contributed by atoms with Gasteiger partial charge in [-0.3, -0.25) is 10.1 Å². The van der Waals surface area contributed by atoms with Crippen molar-refractivity contribution in [3.8, 4) is 0 Å². The fraction of sp³-hybridized carbons (Fsp3) is 0.294. The highest BCUT2D eigenvalue weighted by atomic mass is 35.5. The van der Waals surface area contributed by atoms with E-state index in [2.05, 4.69) is 0 Å². The van der Waals surface area contributed by atoms with E-state index in [0.717, 1.165) is 6.07 Å². The Hall–Kier alpha value is -2.20. The predicted molar refractivity (Wildman–Crippen MR) is 101 cm³/mol. The van der Waals surface area contributed by atoms with E-state index >= 15 is 0 Å². The third kappa shape index (κ3) is 3.77. The highest BCUT2D eigenvalue weighted by molar-refractivity contribution is 7.89. The van der Waals surface area contributed by atoms with Gasteiger partial charge in [-0.25, -0.2) is 13.6 Å². The minimum Gasteiger partial charge on any atom is -0.385 e. The van der Waals surface area contributed by atoms with Crippen LogP contribution in [-0.4, -0.2) is 31.5 Å². The maximum Gasteiger partial charge on any atom is 0.312 e. The molecule has 0 amide bonds. The van der Waals surface area contributed by atoms with Crippen LogP contribution in [0.2, 0.25) is 5.02 Å². The van der Waals surface area contributed by atoms with Crippen LogP contribution in [-0.2, 0) is 15.6 Å². The topological polar surface area (TPSA) is 127 Å². The molecule has 0 aromatic heterocycles. The molecule has 1 saturated heterocycles. The average molecular weight is 412 g/mol. The number of anilines is 1. The van der Waals surface area contributed by atoms with Gasteiger partial charge in [0.15, 0.2) is 4.90 Å². The summed E-state index contributed by atoms with van der Waals surface area (Å²) < 4.78 is 23.4. The maximum absolute atomic E-state index is 11.7. The number of sulfonamides is 1. The van der Waals surface area contributed by atoms with E-state index in [0.29, 0.717) is 10.6 Å². The lowest BCUT2D eigenvalue weighted by Gasteiger charge is -2.39. The minimum atomic E-state index is -4.25. The zero-order valence-electron chi connectivity index (χ0n) is 14.2. The minimum absolute atomic E-state index is 0.160. The van der Waals surface area contributed by atoms with Gasteiger partial charge in [-0.2, -0.15) is 0 Å². The monoisotopic (exact) mass is 411 g/mol. The molecule has 0 atom stereocenters. The molecular formula is C17H18ClN3O5S. The second-order valence-corrected chi connectivity index (χ2v) is 8.36. The molecule has 2 aromatic carbocycles. The third-order valence-corrected chi connectivity index (χ3v) is 6.05. The van der Waals surface area contributed by atoms with Crippen LogP contribution in [0.3, 0.4) is 0 Å². The molecule has 1 aliphatic heterocycles. The van der Waals surface area contributed by atoms with Gasteiger partial charge in [-0.05, 0) is 31.0 Å². The zero-order valence-corrected chi connectivity index (χ0v) is 15.8. The number of hydrogen-bond acceptors (Lipinski definition) is 6. The highest BCUT2D eigenvalue weighted by Gasteiger charge is 2.38. The fourth-order valence-electron chi connectivity index (χ4n) is 3.40. The van der Waals surface area contributed by atoms with Crippen LogP contribution >= 0.6 is 11.6 Å². The van der Waals surface area contributed by atoms with Crippen LogP contribution in [0.4, 0.5) is 11.4 Å². The van der Waals surface area contributed by atoms with Crippen LogP contribution in [0.5, 0.6) is 0 Å². The fourth-order valence-corrected chi connectivity index (χ4v) is 4.43. The lowest BCUT2D eigenvalue weighted by Crippen LogP contribution is -2.43. The number of halogens is 1. The molecule has 0 unspecified atom stereocenters. The summed E-state index contributed by atoms with van der Waals surface area (Å²) in [5.74, 6) is 0. The number of nitrogens with zero attached hydrogens (tertiary/aromatic N) is 2. The van der Waals surface area contributed by atoms with E-state index in [-0.39, 0.29) is 31.6 Å². The van der Waals surface area contributed by atoms with E-state index < -0.39 is 31.1 Å². The molecule has 2 aromatic rings. The Morgan fingerprint density at radius 2 is 1.78 bits per heavy atom. The number of nitro groups is 1. The Morgan fingerprint density at radius 1 is 1.15 bits per heavy atom. The predicted octanol–water partition coefficient (Wildman–Crippen LogP) is 2.38. The lowest BCUT2D eigenvalue weighted by atomic mass is 9.84. The van der Waals surface area contributed by atoms with Gasteiger partial charge < -0.3 is 10.0 Å². The molecule has 1 heterocycles. The number of benzene rings is 2. The van der Waals surface area contributed by atoms with Crippen LogP contribution in [0, 0.1) is 10.1 Å².